The number of carbonyl (C=O) groups excluding carboxylic acids is 1. The van der Waals surface area contributed by atoms with E-state index >= 15 is 0 Å². The molecule has 1 N–H and O–H groups in total. The Balaban J connectivity index is 1.50. The summed E-state index contributed by atoms with van der Waals surface area (Å²) in [5, 5.41) is 17.7. The second kappa shape index (κ2) is 6.49. The average molecular weight is 383 g/mol. The number of thiophene rings is 1. The van der Waals surface area contributed by atoms with Crippen molar-refractivity contribution in [2.24, 2.45) is 24.3 Å². The van der Waals surface area contributed by atoms with Gasteiger partial charge in [0, 0.05) is 24.0 Å². The molecule has 0 aliphatic heterocycles. The first-order chi connectivity index (χ1) is 12.8. The topological polar surface area (TPSA) is 70.7 Å². The molecule has 0 unspecified atom stereocenters. The number of aromatic nitrogens is 2. The van der Waals surface area contributed by atoms with Gasteiger partial charge in [-0.15, -0.1) is 11.3 Å². The summed E-state index contributed by atoms with van der Waals surface area (Å²) in [6.07, 6.45) is 7.74. The molecule has 5 nitrogen and oxygen atoms in total. The van der Waals surface area contributed by atoms with Gasteiger partial charge in [-0.05, 0) is 54.1 Å². The highest BCUT2D eigenvalue weighted by Crippen LogP contribution is 2.49. The molecular weight excluding hydrogens is 356 g/mol. The maximum Gasteiger partial charge on any atom is 0.228 e. The fraction of sp³-hybridized carbons (Fsp3) is 0.571. The van der Waals surface area contributed by atoms with Crippen LogP contribution in [0.4, 0.5) is 5.00 Å². The molecule has 27 heavy (non-hydrogen) atoms. The number of fused-ring (bicyclic) bond motifs is 1. The number of amides is 1. The van der Waals surface area contributed by atoms with Crippen molar-refractivity contribution < 1.29 is 4.79 Å². The largest absolute Gasteiger partial charge is 0.316 e. The summed E-state index contributed by atoms with van der Waals surface area (Å²) in [7, 11) is 1.89. The first-order valence-corrected chi connectivity index (χ1v) is 10.4. The Morgan fingerprint density at radius 2 is 2.22 bits per heavy atom. The van der Waals surface area contributed by atoms with Crippen LogP contribution in [0.25, 0.3) is 0 Å². The van der Waals surface area contributed by atoms with E-state index in [2.05, 4.69) is 37.3 Å². The number of rotatable bonds is 3. The van der Waals surface area contributed by atoms with Crippen molar-refractivity contribution in [2.75, 3.05) is 5.32 Å². The average Bonchev–Trinajstić information content (AvgIpc) is 3.17. The Morgan fingerprint density at radius 3 is 2.85 bits per heavy atom. The van der Waals surface area contributed by atoms with Gasteiger partial charge in [0.05, 0.1) is 11.8 Å². The zero-order valence-electron chi connectivity index (χ0n) is 16.4. The van der Waals surface area contributed by atoms with Gasteiger partial charge in [-0.1, -0.05) is 20.8 Å². The molecule has 3 atom stereocenters. The summed E-state index contributed by atoms with van der Waals surface area (Å²) in [6, 6.07) is 2.35. The number of aryl methyl sites for hydroxylation is 1. The Kier molecular flexibility index (Phi) is 4.38. The van der Waals surface area contributed by atoms with E-state index in [0.29, 0.717) is 11.5 Å². The molecule has 2 aliphatic rings. The normalized spacial score (nSPS) is 24.2. The number of hydrogen-bond donors (Lipinski definition) is 1. The number of anilines is 1. The second-order valence-electron chi connectivity index (χ2n) is 9.01. The summed E-state index contributed by atoms with van der Waals surface area (Å²) in [6.45, 7) is 6.86. The lowest BCUT2D eigenvalue weighted by Crippen LogP contribution is -2.26. The summed E-state index contributed by atoms with van der Waals surface area (Å²) in [4.78, 5) is 14.0. The predicted octanol–water partition coefficient (Wildman–Crippen LogP) is 4.25. The quantitative estimate of drug-likeness (QED) is 0.863. The number of hydrogen-bond acceptors (Lipinski definition) is 4. The van der Waals surface area contributed by atoms with Crippen molar-refractivity contribution in [3.05, 3.63) is 34.0 Å². The van der Waals surface area contributed by atoms with Crippen molar-refractivity contribution >= 4 is 22.2 Å². The van der Waals surface area contributed by atoms with Gasteiger partial charge in [-0.2, -0.15) is 10.4 Å². The maximum atomic E-state index is 12.7. The molecule has 2 aromatic heterocycles. The lowest BCUT2D eigenvalue weighted by Gasteiger charge is -2.33. The highest BCUT2D eigenvalue weighted by molar-refractivity contribution is 7.16. The van der Waals surface area contributed by atoms with Gasteiger partial charge < -0.3 is 5.32 Å². The van der Waals surface area contributed by atoms with E-state index in [1.54, 1.807) is 16.0 Å². The third-order valence-corrected chi connectivity index (χ3v) is 7.29. The molecule has 1 fully saturated rings. The molecule has 1 amide bonds. The van der Waals surface area contributed by atoms with Crippen LogP contribution in [0.2, 0.25) is 0 Å². The number of nitriles is 1. The molecule has 0 bridgehead atoms. The Hall–Kier alpha value is -2.13. The van der Waals surface area contributed by atoms with Crippen LogP contribution < -0.4 is 5.32 Å². The minimum atomic E-state index is -0.0119. The van der Waals surface area contributed by atoms with E-state index in [1.165, 1.54) is 4.88 Å². The van der Waals surface area contributed by atoms with Crippen LogP contribution in [0.15, 0.2) is 12.4 Å². The van der Waals surface area contributed by atoms with Crippen LogP contribution in [0.5, 0.6) is 0 Å². The standard InChI is InChI=1S/C21H26N4OS/c1-21(2,3)13-5-6-14-17(9-22)20(27-18(14)7-13)24-19(26)16-8-15(16)12-10-23-25(4)11-12/h10-11,13,15-16H,5-8H2,1-4H3,(H,24,26)/t13-,15+,16+/m1/s1. The van der Waals surface area contributed by atoms with E-state index in [9.17, 15) is 10.1 Å². The van der Waals surface area contributed by atoms with Crippen LogP contribution >= 0.6 is 11.3 Å². The van der Waals surface area contributed by atoms with Crippen LogP contribution in [-0.4, -0.2) is 15.7 Å². The predicted molar refractivity (Wildman–Crippen MR) is 107 cm³/mol. The van der Waals surface area contributed by atoms with Crippen molar-refractivity contribution in [3.63, 3.8) is 0 Å². The first kappa shape index (κ1) is 18.2. The Bertz CT molecular complexity index is 927. The fourth-order valence-electron chi connectivity index (χ4n) is 4.22. The molecule has 0 saturated heterocycles. The van der Waals surface area contributed by atoms with Crippen molar-refractivity contribution in [3.8, 4) is 6.07 Å². The highest BCUT2D eigenvalue weighted by atomic mass is 32.1. The number of nitrogens with one attached hydrogen (secondary N) is 1. The van der Waals surface area contributed by atoms with Gasteiger partial charge >= 0.3 is 0 Å². The molecule has 2 heterocycles. The second-order valence-corrected chi connectivity index (χ2v) is 10.1. The first-order valence-electron chi connectivity index (χ1n) is 9.62. The minimum Gasteiger partial charge on any atom is -0.316 e. The molecule has 6 heteroatoms. The van der Waals surface area contributed by atoms with Crippen molar-refractivity contribution in [2.45, 2.75) is 52.4 Å². The van der Waals surface area contributed by atoms with Crippen LogP contribution in [-0.2, 0) is 24.7 Å². The zero-order valence-corrected chi connectivity index (χ0v) is 17.2. The van der Waals surface area contributed by atoms with Crippen LogP contribution in [0, 0.1) is 28.6 Å². The van der Waals surface area contributed by atoms with E-state index in [1.807, 2.05) is 19.4 Å². The number of carbonyl (C=O) groups is 1. The Labute approximate surface area is 164 Å². The van der Waals surface area contributed by atoms with Crippen molar-refractivity contribution in [1.82, 2.24) is 9.78 Å². The third kappa shape index (κ3) is 3.41. The molecular formula is C21H26N4OS. The molecule has 2 aliphatic carbocycles. The van der Waals surface area contributed by atoms with E-state index in [-0.39, 0.29) is 23.2 Å². The van der Waals surface area contributed by atoms with Crippen LogP contribution in [0.3, 0.4) is 0 Å². The molecule has 0 radical (unpaired) electrons. The summed E-state index contributed by atoms with van der Waals surface area (Å²) >= 11 is 1.61. The van der Waals surface area contributed by atoms with Gasteiger partial charge in [-0.25, -0.2) is 0 Å². The smallest absolute Gasteiger partial charge is 0.228 e. The third-order valence-electron chi connectivity index (χ3n) is 6.12. The molecule has 142 valence electrons. The van der Waals surface area contributed by atoms with Gasteiger partial charge in [-0.3, -0.25) is 9.48 Å². The van der Waals surface area contributed by atoms with E-state index in [4.69, 9.17) is 0 Å². The summed E-state index contributed by atoms with van der Waals surface area (Å²) in [5.41, 5.74) is 3.24. The minimum absolute atomic E-state index is 0.0119. The lowest BCUT2D eigenvalue weighted by molar-refractivity contribution is -0.117. The van der Waals surface area contributed by atoms with Gasteiger partial charge in [0.2, 0.25) is 5.91 Å². The van der Waals surface area contributed by atoms with Crippen molar-refractivity contribution in [1.29, 1.82) is 5.26 Å². The van der Waals surface area contributed by atoms with Crippen LogP contribution in [0.1, 0.15) is 61.1 Å². The summed E-state index contributed by atoms with van der Waals surface area (Å²) < 4.78 is 1.77. The van der Waals surface area contributed by atoms with E-state index < -0.39 is 0 Å². The molecule has 0 aromatic carbocycles. The van der Waals surface area contributed by atoms with Gasteiger partial charge in [0.25, 0.3) is 0 Å². The Morgan fingerprint density at radius 1 is 1.44 bits per heavy atom. The molecule has 4 rings (SSSR count). The monoisotopic (exact) mass is 382 g/mol. The summed E-state index contributed by atoms with van der Waals surface area (Å²) in [5.74, 6) is 0.898. The highest BCUT2D eigenvalue weighted by Gasteiger charge is 2.45. The van der Waals surface area contributed by atoms with E-state index in [0.717, 1.165) is 41.8 Å². The lowest BCUT2D eigenvalue weighted by atomic mass is 9.72. The fourth-order valence-corrected chi connectivity index (χ4v) is 5.50. The zero-order chi connectivity index (χ0) is 19.3. The molecule has 2 aromatic rings. The van der Waals surface area contributed by atoms with Gasteiger partial charge in [0.1, 0.15) is 11.1 Å². The maximum absolute atomic E-state index is 12.7. The SMILES string of the molecule is Cn1cc([C@@H]2C[C@@H]2C(=O)Nc2sc3c(c2C#N)CC[C@@H](C(C)(C)C)C3)cn1. The number of nitrogens with zero attached hydrogens (tertiary/aromatic N) is 3. The molecule has 1 saturated carbocycles. The molecule has 0 spiro atoms. The van der Waals surface area contributed by atoms with Gasteiger partial charge in [0.15, 0.2) is 0 Å².